The van der Waals surface area contributed by atoms with Gasteiger partial charge in [0.25, 0.3) is 0 Å². The average molecular weight is 563 g/mol. The molecule has 0 saturated carbocycles. The number of hydrogen-bond donors (Lipinski definition) is 1. The van der Waals surface area contributed by atoms with E-state index < -0.39 is 34.9 Å². The van der Waals surface area contributed by atoms with Crippen LogP contribution in [0.1, 0.15) is 48.8 Å². The predicted octanol–water partition coefficient (Wildman–Crippen LogP) is 5.68. The van der Waals surface area contributed by atoms with Crippen LogP contribution in [-0.2, 0) is 38.3 Å². The van der Waals surface area contributed by atoms with Crippen LogP contribution < -0.4 is 5.32 Å². The summed E-state index contributed by atoms with van der Waals surface area (Å²) >= 11 is 5.99. The van der Waals surface area contributed by atoms with E-state index in [1.165, 1.54) is 19.2 Å². The molecular weight excluding hydrogens is 533 g/mol. The summed E-state index contributed by atoms with van der Waals surface area (Å²) in [6, 6.07) is 12.0. The average Bonchev–Trinajstić information content (AvgIpc) is 3.04. The fraction of sp³-hybridized carbons (Fsp3) is 0.414. The molecule has 1 aliphatic heterocycles. The molecule has 1 fully saturated rings. The van der Waals surface area contributed by atoms with Crippen molar-refractivity contribution in [3.8, 4) is 0 Å². The molecule has 0 aromatic heterocycles. The van der Waals surface area contributed by atoms with Crippen LogP contribution in [0.15, 0.2) is 60.3 Å². The van der Waals surface area contributed by atoms with E-state index in [0.717, 1.165) is 24.1 Å². The highest BCUT2D eigenvalue weighted by molar-refractivity contribution is 6.30. The number of benzene rings is 2. The topological polar surface area (TPSA) is 75.7 Å². The van der Waals surface area contributed by atoms with Crippen molar-refractivity contribution in [1.29, 1.82) is 0 Å². The zero-order chi connectivity index (χ0) is 28.2. The third-order valence-corrected chi connectivity index (χ3v) is 7.74. The summed E-state index contributed by atoms with van der Waals surface area (Å²) in [6.45, 7) is 0.172. The minimum Gasteiger partial charge on any atom is -0.468 e. The molecule has 2 atom stereocenters. The number of esters is 1. The second-order valence-corrected chi connectivity index (χ2v) is 10.3. The Kier molecular flexibility index (Phi) is 8.69. The van der Waals surface area contributed by atoms with Crippen molar-refractivity contribution in [3.63, 3.8) is 0 Å². The molecule has 1 N–H and O–H groups in total. The zero-order valence-corrected chi connectivity index (χ0v) is 22.3. The van der Waals surface area contributed by atoms with Crippen molar-refractivity contribution >= 4 is 29.4 Å². The summed E-state index contributed by atoms with van der Waals surface area (Å²) in [7, 11) is 1.27. The van der Waals surface area contributed by atoms with Gasteiger partial charge in [-0.05, 0) is 61.1 Å². The molecule has 1 heterocycles. The molecule has 2 amide bonds. The van der Waals surface area contributed by atoms with E-state index in [4.69, 9.17) is 16.3 Å². The van der Waals surface area contributed by atoms with Gasteiger partial charge in [0.15, 0.2) is 0 Å². The molecule has 0 bridgehead atoms. The Balaban J connectivity index is 1.56. The van der Waals surface area contributed by atoms with E-state index in [2.05, 4.69) is 5.32 Å². The fourth-order valence-electron chi connectivity index (χ4n) is 5.55. The van der Waals surface area contributed by atoms with E-state index in [-0.39, 0.29) is 24.4 Å². The van der Waals surface area contributed by atoms with Gasteiger partial charge in [-0.2, -0.15) is 13.2 Å². The van der Waals surface area contributed by atoms with Gasteiger partial charge in [0.2, 0.25) is 11.8 Å². The summed E-state index contributed by atoms with van der Waals surface area (Å²) < 4.78 is 44.4. The van der Waals surface area contributed by atoms with Crippen molar-refractivity contribution < 1.29 is 32.3 Å². The minimum atomic E-state index is -4.50. The van der Waals surface area contributed by atoms with Gasteiger partial charge in [-0.3, -0.25) is 14.4 Å². The van der Waals surface area contributed by atoms with Crippen molar-refractivity contribution in [2.24, 2.45) is 11.3 Å². The van der Waals surface area contributed by atoms with Crippen molar-refractivity contribution in [2.45, 2.75) is 51.2 Å². The van der Waals surface area contributed by atoms with Crippen molar-refractivity contribution in [2.75, 3.05) is 13.7 Å². The van der Waals surface area contributed by atoms with E-state index in [1.54, 1.807) is 17.0 Å². The number of fused-ring (bicyclic) bond motifs is 1. The molecule has 0 unspecified atom stereocenters. The number of hydrogen-bond acceptors (Lipinski definition) is 4. The van der Waals surface area contributed by atoms with Gasteiger partial charge in [0.05, 0.1) is 18.6 Å². The summed E-state index contributed by atoms with van der Waals surface area (Å²) in [5.41, 5.74) is -0.294. The number of likely N-dealkylation sites (tertiary alicyclic amines) is 1. The third-order valence-electron chi connectivity index (χ3n) is 7.49. The lowest BCUT2D eigenvalue weighted by atomic mass is 9.71. The first-order chi connectivity index (χ1) is 18.6. The van der Waals surface area contributed by atoms with E-state index >= 15 is 0 Å². The number of alkyl halides is 3. The Morgan fingerprint density at radius 1 is 1.13 bits per heavy atom. The van der Waals surface area contributed by atoms with Crippen LogP contribution in [0, 0.1) is 11.3 Å². The summed E-state index contributed by atoms with van der Waals surface area (Å²) in [5.74, 6) is -2.41. The summed E-state index contributed by atoms with van der Waals surface area (Å²) in [4.78, 5) is 41.8. The Hall–Kier alpha value is -3.33. The highest BCUT2D eigenvalue weighted by atomic mass is 35.5. The van der Waals surface area contributed by atoms with Gasteiger partial charge in [-0.1, -0.05) is 48.4 Å². The second kappa shape index (κ2) is 11.8. The minimum absolute atomic E-state index is 0.141. The summed E-state index contributed by atoms with van der Waals surface area (Å²) in [5, 5.41) is 3.23. The smallest absolute Gasteiger partial charge is 0.416 e. The molecule has 2 aliphatic rings. The molecule has 208 valence electrons. The molecule has 1 aliphatic carbocycles. The van der Waals surface area contributed by atoms with Crippen LogP contribution in [0.4, 0.5) is 13.2 Å². The van der Waals surface area contributed by atoms with Crippen LogP contribution in [-0.4, -0.2) is 36.3 Å². The zero-order valence-electron chi connectivity index (χ0n) is 21.5. The second-order valence-electron chi connectivity index (χ2n) is 9.90. The van der Waals surface area contributed by atoms with E-state index in [0.29, 0.717) is 42.9 Å². The number of nitrogens with one attached hydrogen (secondary N) is 1. The first-order valence-corrected chi connectivity index (χ1v) is 13.2. The number of allylic oxidation sites excluding steroid dienone is 1. The van der Waals surface area contributed by atoms with E-state index in [1.807, 2.05) is 18.2 Å². The SMILES string of the molecule is COC(=O)[C@@]12CCCCC=C1N(CCc1ccc(Cl)cc1)C(=O)[C@H]2CC(=O)NCc1cccc(C(F)(F)F)c1. The van der Waals surface area contributed by atoms with Gasteiger partial charge in [0.1, 0.15) is 5.41 Å². The van der Waals surface area contributed by atoms with Gasteiger partial charge >= 0.3 is 12.1 Å². The number of nitrogens with zero attached hydrogens (tertiary/aromatic N) is 1. The van der Waals surface area contributed by atoms with Crippen LogP contribution in [0.3, 0.4) is 0 Å². The number of amides is 2. The maximum absolute atomic E-state index is 13.8. The largest absolute Gasteiger partial charge is 0.468 e. The Bertz CT molecular complexity index is 1260. The van der Waals surface area contributed by atoms with Crippen LogP contribution in [0.25, 0.3) is 0 Å². The Morgan fingerprint density at radius 3 is 2.56 bits per heavy atom. The number of ether oxygens (including phenoxy) is 1. The first kappa shape index (κ1) is 28.7. The van der Waals surface area contributed by atoms with Crippen LogP contribution in [0.2, 0.25) is 5.02 Å². The molecule has 39 heavy (non-hydrogen) atoms. The highest BCUT2D eigenvalue weighted by Gasteiger charge is 2.61. The number of halogens is 4. The molecule has 10 heteroatoms. The molecule has 4 rings (SSSR count). The van der Waals surface area contributed by atoms with Gasteiger partial charge < -0.3 is 15.0 Å². The Morgan fingerprint density at radius 2 is 1.87 bits per heavy atom. The molecular formula is C29H30ClF3N2O4. The van der Waals surface area contributed by atoms with Crippen molar-refractivity contribution in [1.82, 2.24) is 10.2 Å². The fourth-order valence-corrected chi connectivity index (χ4v) is 5.68. The highest BCUT2D eigenvalue weighted by Crippen LogP contribution is 2.53. The van der Waals surface area contributed by atoms with E-state index in [9.17, 15) is 27.6 Å². The van der Waals surface area contributed by atoms with Crippen molar-refractivity contribution in [3.05, 3.63) is 82.0 Å². The third kappa shape index (κ3) is 6.13. The maximum Gasteiger partial charge on any atom is 0.416 e. The van der Waals surface area contributed by atoms with Gasteiger partial charge in [0, 0.05) is 30.2 Å². The molecule has 6 nitrogen and oxygen atoms in total. The molecule has 0 spiro atoms. The number of carbonyl (C=O) groups excluding carboxylic acids is 3. The lowest BCUT2D eigenvalue weighted by molar-refractivity contribution is -0.155. The quantitative estimate of drug-likeness (QED) is 0.420. The van der Waals surface area contributed by atoms with Crippen LogP contribution in [0.5, 0.6) is 0 Å². The molecule has 2 aromatic rings. The first-order valence-electron chi connectivity index (χ1n) is 12.8. The Labute approximate surface area is 230 Å². The number of carbonyl (C=O) groups is 3. The number of methoxy groups -OCH3 is 1. The van der Waals surface area contributed by atoms with Crippen LogP contribution >= 0.6 is 11.6 Å². The molecule has 1 saturated heterocycles. The lowest BCUT2D eigenvalue weighted by Gasteiger charge is -2.31. The van der Waals surface area contributed by atoms with Gasteiger partial charge in [-0.25, -0.2) is 0 Å². The van der Waals surface area contributed by atoms with Gasteiger partial charge in [-0.15, -0.1) is 0 Å². The predicted molar refractivity (Wildman–Crippen MR) is 139 cm³/mol. The lowest BCUT2D eigenvalue weighted by Crippen LogP contribution is -2.41. The number of rotatable bonds is 8. The molecule has 2 aromatic carbocycles. The normalized spacial score (nSPS) is 21.2. The molecule has 0 radical (unpaired) electrons. The standard InChI is InChI=1S/C29H30ClF3N2O4/c1-39-27(38)28-14-4-2-3-8-24(28)35(15-13-19-9-11-22(30)12-10-19)26(37)23(28)17-25(36)34-18-20-6-5-7-21(16-20)29(31,32)33/h5-12,16,23H,2-4,13-15,17-18H2,1H3,(H,34,36)/t23-,28-/m1/s1. The summed E-state index contributed by atoms with van der Waals surface area (Å²) in [6.07, 6.45) is 0.192. The monoisotopic (exact) mass is 562 g/mol. The maximum atomic E-state index is 13.8.